The van der Waals surface area contributed by atoms with Gasteiger partial charge in [0.2, 0.25) is 0 Å². The predicted molar refractivity (Wildman–Crippen MR) is 89.8 cm³/mol. The van der Waals surface area contributed by atoms with Gasteiger partial charge in [-0.15, -0.1) is 0 Å². The summed E-state index contributed by atoms with van der Waals surface area (Å²) in [6, 6.07) is 14.3. The number of benzene rings is 2. The smallest absolute Gasteiger partial charge is 0.337 e. The number of hydrogen-bond acceptors (Lipinski definition) is 3. The molecule has 0 unspecified atom stereocenters. The Morgan fingerprint density at radius 2 is 1.88 bits per heavy atom. The molecule has 0 amide bonds. The molecule has 0 atom stereocenters. The molecule has 0 aliphatic rings. The zero-order chi connectivity index (χ0) is 17.1. The van der Waals surface area contributed by atoms with E-state index in [0.29, 0.717) is 23.8 Å². The Balaban J connectivity index is 1.71. The summed E-state index contributed by atoms with van der Waals surface area (Å²) < 4.78 is 18.6. The molecular formula is C18H13ClFNO3. The molecule has 2 N–H and O–H groups in total. The molecule has 4 nitrogen and oxygen atoms in total. The van der Waals surface area contributed by atoms with Gasteiger partial charge in [0.15, 0.2) is 0 Å². The van der Waals surface area contributed by atoms with Crippen LogP contribution in [0.3, 0.4) is 0 Å². The van der Waals surface area contributed by atoms with Crippen LogP contribution in [0.5, 0.6) is 0 Å². The van der Waals surface area contributed by atoms with E-state index in [2.05, 4.69) is 5.32 Å². The van der Waals surface area contributed by atoms with Gasteiger partial charge in [0.05, 0.1) is 17.1 Å². The van der Waals surface area contributed by atoms with Crippen molar-refractivity contribution in [1.82, 2.24) is 0 Å². The Morgan fingerprint density at radius 1 is 1.12 bits per heavy atom. The number of carboxylic acid groups (broad SMARTS) is 1. The maximum atomic E-state index is 12.9. The second kappa shape index (κ2) is 6.76. The quantitative estimate of drug-likeness (QED) is 0.679. The standard InChI is InChI=1S/C18H13ClFNO3/c19-16-7-5-13(9-15(16)18(22)23)21-10-14-6-8-17(24-14)11-1-3-12(20)4-2-11/h1-9,21H,10H2,(H,22,23). The van der Waals surface area contributed by atoms with E-state index in [9.17, 15) is 9.18 Å². The number of halogens is 2. The summed E-state index contributed by atoms with van der Waals surface area (Å²) in [7, 11) is 0. The molecule has 0 aliphatic carbocycles. The van der Waals surface area contributed by atoms with Gasteiger partial charge < -0.3 is 14.8 Å². The van der Waals surface area contributed by atoms with Gasteiger partial charge in [0.1, 0.15) is 17.3 Å². The van der Waals surface area contributed by atoms with Crippen molar-refractivity contribution in [2.24, 2.45) is 0 Å². The van der Waals surface area contributed by atoms with Crippen molar-refractivity contribution in [2.45, 2.75) is 6.54 Å². The van der Waals surface area contributed by atoms with Gasteiger partial charge in [0, 0.05) is 11.3 Å². The maximum absolute atomic E-state index is 12.9. The first-order valence-corrected chi connectivity index (χ1v) is 7.52. The Hall–Kier alpha value is -2.79. The van der Waals surface area contributed by atoms with Crippen LogP contribution in [0.2, 0.25) is 5.02 Å². The largest absolute Gasteiger partial charge is 0.478 e. The van der Waals surface area contributed by atoms with Crippen molar-refractivity contribution in [3.8, 4) is 11.3 Å². The molecule has 0 saturated carbocycles. The van der Waals surface area contributed by atoms with Gasteiger partial charge in [-0.1, -0.05) is 11.6 Å². The lowest BCUT2D eigenvalue weighted by Gasteiger charge is -2.06. The van der Waals surface area contributed by atoms with Crippen LogP contribution < -0.4 is 5.32 Å². The first-order valence-electron chi connectivity index (χ1n) is 7.14. The van der Waals surface area contributed by atoms with E-state index in [1.807, 2.05) is 0 Å². The lowest BCUT2D eigenvalue weighted by atomic mass is 10.2. The summed E-state index contributed by atoms with van der Waals surface area (Å²) >= 11 is 5.84. The number of hydrogen-bond donors (Lipinski definition) is 2. The number of anilines is 1. The van der Waals surface area contributed by atoms with Crippen LogP contribution in [-0.4, -0.2) is 11.1 Å². The van der Waals surface area contributed by atoms with Gasteiger partial charge in [-0.05, 0) is 54.6 Å². The molecule has 122 valence electrons. The number of nitrogens with one attached hydrogen (secondary N) is 1. The highest BCUT2D eigenvalue weighted by Crippen LogP contribution is 2.24. The molecule has 6 heteroatoms. The number of carboxylic acids is 1. The van der Waals surface area contributed by atoms with Crippen molar-refractivity contribution in [2.75, 3.05) is 5.32 Å². The molecule has 0 spiro atoms. The Morgan fingerprint density at radius 3 is 2.58 bits per heavy atom. The minimum absolute atomic E-state index is 0.0353. The summed E-state index contributed by atoms with van der Waals surface area (Å²) in [6.45, 7) is 0.377. The average molecular weight is 346 g/mol. The third kappa shape index (κ3) is 3.58. The van der Waals surface area contributed by atoms with E-state index in [1.54, 1.807) is 30.3 Å². The van der Waals surface area contributed by atoms with Crippen molar-refractivity contribution >= 4 is 23.3 Å². The van der Waals surface area contributed by atoms with Gasteiger partial charge in [-0.2, -0.15) is 0 Å². The molecule has 1 heterocycles. The molecule has 0 bridgehead atoms. The van der Waals surface area contributed by atoms with Crippen LogP contribution in [0.25, 0.3) is 11.3 Å². The molecule has 3 aromatic rings. The summed E-state index contributed by atoms with van der Waals surface area (Å²) in [5, 5.41) is 12.3. The molecule has 3 rings (SSSR count). The molecule has 2 aromatic carbocycles. The Labute approximate surface area is 142 Å². The van der Waals surface area contributed by atoms with E-state index >= 15 is 0 Å². The van der Waals surface area contributed by atoms with E-state index in [1.165, 1.54) is 24.3 Å². The molecule has 1 aromatic heterocycles. The Bertz CT molecular complexity index is 874. The fraction of sp³-hybridized carbons (Fsp3) is 0.0556. The number of rotatable bonds is 5. The lowest BCUT2D eigenvalue weighted by molar-refractivity contribution is 0.0697. The fourth-order valence-corrected chi connectivity index (χ4v) is 2.43. The zero-order valence-electron chi connectivity index (χ0n) is 12.4. The minimum atomic E-state index is -1.08. The molecule has 0 radical (unpaired) electrons. The monoisotopic (exact) mass is 345 g/mol. The van der Waals surface area contributed by atoms with Crippen LogP contribution in [-0.2, 0) is 6.54 Å². The van der Waals surface area contributed by atoms with Crippen molar-refractivity contribution in [1.29, 1.82) is 0 Å². The van der Waals surface area contributed by atoms with Crippen LogP contribution in [0.1, 0.15) is 16.1 Å². The summed E-state index contributed by atoms with van der Waals surface area (Å²) in [5.74, 6) is -0.0836. The molecule has 0 saturated heterocycles. The topological polar surface area (TPSA) is 62.5 Å². The van der Waals surface area contributed by atoms with Crippen molar-refractivity contribution in [3.63, 3.8) is 0 Å². The summed E-state index contributed by atoms with van der Waals surface area (Å²) in [5.41, 5.74) is 1.44. The Kier molecular flexibility index (Phi) is 4.53. The molecular weight excluding hydrogens is 333 g/mol. The minimum Gasteiger partial charge on any atom is -0.478 e. The van der Waals surface area contributed by atoms with Crippen LogP contribution >= 0.6 is 11.6 Å². The number of furan rings is 1. The third-order valence-corrected chi connectivity index (χ3v) is 3.78. The second-order valence-corrected chi connectivity index (χ2v) is 5.53. The van der Waals surface area contributed by atoms with Crippen LogP contribution in [0.4, 0.5) is 10.1 Å². The second-order valence-electron chi connectivity index (χ2n) is 5.13. The number of aromatic carboxylic acids is 1. The van der Waals surface area contributed by atoms with Gasteiger partial charge >= 0.3 is 5.97 Å². The zero-order valence-corrected chi connectivity index (χ0v) is 13.2. The lowest BCUT2D eigenvalue weighted by Crippen LogP contribution is -2.02. The van der Waals surface area contributed by atoms with Gasteiger partial charge in [-0.25, -0.2) is 9.18 Å². The normalized spacial score (nSPS) is 10.6. The molecule has 24 heavy (non-hydrogen) atoms. The molecule has 0 fully saturated rings. The van der Waals surface area contributed by atoms with Crippen LogP contribution in [0.15, 0.2) is 59.0 Å². The first-order chi connectivity index (χ1) is 11.5. The van der Waals surface area contributed by atoms with E-state index in [4.69, 9.17) is 21.1 Å². The highest BCUT2D eigenvalue weighted by molar-refractivity contribution is 6.33. The summed E-state index contributed by atoms with van der Waals surface area (Å²) in [4.78, 5) is 11.1. The van der Waals surface area contributed by atoms with Gasteiger partial charge in [0.25, 0.3) is 0 Å². The van der Waals surface area contributed by atoms with Gasteiger partial charge in [-0.3, -0.25) is 0 Å². The maximum Gasteiger partial charge on any atom is 0.337 e. The fourth-order valence-electron chi connectivity index (χ4n) is 2.23. The third-order valence-electron chi connectivity index (χ3n) is 3.45. The SMILES string of the molecule is O=C(O)c1cc(NCc2ccc(-c3ccc(F)cc3)o2)ccc1Cl. The average Bonchev–Trinajstić information content (AvgIpc) is 3.03. The molecule has 0 aliphatic heterocycles. The van der Waals surface area contributed by atoms with Crippen molar-refractivity contribution in [3.05, 3.63) is 76.8 Å². The van der Waals surface area contributed by atoms with Crippen LogP contribution in [0, 0.1) is 5.82 Å². The number of carbonyl (C=O) groups is 1. The van der Waals surface area contributed by atoms with E-state index < -0.39 is 5.97 Å². The highest BCUT2D eigenvalue weighted by Gasteiger charge is 2.10. The van der Waals surface area contributed by atoms with E-state index in [0.717, 1.165) is 5.56 Å². The predicted octanol–water partition coefficient (Wildman–Crippen LogP) is 5.05. The van der Waals surface area contributed by atoms with Crippen molar-refractivity contribution < 1.29 is 18.7 Å². The summed E-state index contributed by atoms with van der Waals surface area (Å²) in [6.07, 6.45) is 0. The first kappa shape index (κ1) is 16.1. The highest BCUT2D eigenvalue weighted by atomic mass is 35.5. The van der Waals surface area contributed by atoms with E-state index in [-0.39, 0.29) is 16.4 Å².